The minimum atomic E-state index is 0.341. The van der Waals surface area contributed by atoms with Crippen LogP contribution in [0.1, 0.15) is 39.2 Å². The molecule has 0 aliphatic carbocycles. The number of rotatable bonds is 4. The van der Waals surface area contributed by atoms with Crippen molar-refractivity contribution in [1.29, 1.82) is 0 Å². The number of aromatic hydroxyl groups is 1. The van der Waals surface area contributed by atoms with Crippen molar-refractivity contribution in [2.24, 2.45) is 11.8 Å². The van der Waals surface area contributed by atoms with Crippen LogP contribution in [0.5, 0.6) is 5.75 Å². The molecule has 1 aromatic rings. The molecule has 0 saturated heterocycles. The van der Waals surface area contributed by atoms with E-state index in [9.17, 15) is 5.11 Å². The predicted molar refractivity (Wildman–Crippen MR) is 69.7 cm³/mol. The SMILES string of the molecule is C=C(C)C(C)C(C)[C@H](C)c1ccccc1O. The molecular formula is C15H22O. The van der Waals surface area contributed by atoms with Gasteiger partial charge >= 0.3 is 0 Å². The molecule has 2 unspecified atom stereocenters. The van der Waals surface area contributed by atoms with E-state index in [1.807, 2.05) is 18.2 Å². The van der Waals surface area contributed by atoms with Gasteiger partial charge in [-0.05, 0) is 36.3 Å². The Kier molecular flexibility index (Phi) is 4.17. The number of allylic oxidation sites excluding steroid dienone is 1. The van der Waals surface area contributed by atoms with Gasteiger partial charge in [0.25, 0.3) is 0 Å². The Morgan fingerprint density at radius 3 is 2.25 bits per heavy atom. The van der Waals surface area contributed by atoms with Crippen molar-refractivity contribution in [1.82, 2.24) is 0 Å². The number of para-hydroxylation sites is 1. The number of phenols is 1. The minimum absolute atomic E-state index is 0.341. The molecule has 0 bridgehead atoms. The highest BCUT2D eigenvalue weighted by Crippen LogP contribution is 2.36. The van der Waals surface area contributed by atoms with E-state index in [0.717, 1.165) is 5.56 Å². The lowest BCUT2D eigenvalue weighted by Crippen LogP contribution is -2.16. The molecule has 88 valence electrons. The fraction of sp³-hybridized carbons (Fsp3) is 0.467. The third-order valence-electron chi connectivity index (χ3n) is 3.78. The molecule has 16 heavy (non-hydrogen) atoms. The van der Waals surface area contributed by atoms with Gasteiger partial charge in [0, 0.05) is 0 Å². The van der Waals surface area contributed by atoms with E-state index in [4.69, 9.17) is 0 Å². The van der Waals surface area contributed by atoms with Crippen LogP contribution in [0.2, 0.25) is 0 Å². The number of benzene rings is 1. The summed E-state index contributed by atoms with van der Waals surface area (Å²) in [4.78, 5) is 0. The Balaban J connectivity index is 2.90. The summed E-state index contributed by atoms with van der Waals surface area (Å²) in [5, 5.41) is 9.83. The maximum atomic E-state index is 9.83. The molecular weight excluding hydrogens is 196 g/mol. The van der Waals surface area contributed by atoms with Gasteiger partial charge in [-0.2, -0.15) is 0 Å². The molecule has 3 atom stereocenters. The molecule has 1 nitrogen and oxygen atoms in total. The first-order chi connectivity index (χ1) is 7.45. The lowest BCUT2D eigenvalue weighted by Gasteiger charge is -2.27. The Morgan fingerprint density at radius 1 is 1.19 bits per heavy atom. The summed E-state index contributed by atoms with van der Waals surface area (Å²) in [6.07, 6.45) is 0. The molecule has 0 spiro atoms. The first-order valence-electron chi connectivity index (χ1n) is 5.88. The van der Waals surface area contributed by atoms with Crippen molar-refractivity contribution < 1.29 is 5.11 Å². The van der Waals surface area contributed by atoms with E-state index >= 15 is 0 Å². The minimum Gasteiger partial charge on any atom is -0.508 e. The maximum absolute atomic E-state index is 9.83. The Bertz CT molecular complexity index is 367. The number of hydrogen-bond acceptors (Lipinski definition) is 1. The summed E-state index contributed by atoms with van der Waals surface area (Å²) >= 11 is 0. The second-order valence-corrected chi connectivity index (χ2v) is 4.84. The monoisotopic (exact) mass is 218 g/mol. The van der Waals surface area contributed by atoms with Crippen molar-refractivity contribution in [3.63, 3.8) is 0 Å². The normalized spacial score (nSPS) is 16.5. The van der Waals surface area contributed by atoms with E-state index in [-0.39, 0.29) is 0 Å². The van der Waals surface area contributed by atoms with Crippen LogP contribution in [0.25, 0.3) is 0 Å². The highest BCUT2D eigenvalue weighted by Gasteiger charge is 2.22. The zero-order valence-electron chi connectivity index (χ0n) is 10.7. The van der Waals surface area contributed by atoms with Gasteiger partial charge in [0.1, 0.15) is 5.75 Å². The Morgan fingerprint density at radius 2 is 1.75 bits per heavy atom. The van der Waals surface area contributed by atoms with Gasteiger partial charge in [-0.25, -0.2) is 0 Å². The third-order valence-corrected chi connectivity index (χ3v) is 3.78. The van der Waals surface area contributed by atoms with Gasteiger partial charge in [-0.3, -0.25) is 0 Å². The molecule has 1 heteroatoms. The summed E-state index contributed by atoms with van der Waals surface area (Å²) in [5.41, 5.74) is 2.23. The molecule has 1 N–H and O–H groups in total. The van der Waals surface area contributed by atoms with Gasteiger partial charge in [0.15, 0.2) is 0 Å². The Labute approximate surface area is 98.8 Å². The van der Waals surface area contributed by atoms with Gasteiger partial charge in [0.2, 0.25) is 0 Å². The summed E-state index contributed by atoms with van der Waals surface area (Å²) in [6.45, 7) is 12.7. The van der Waals surface area contributed by atoms with E-state index in [1.165, 1.54) is 5.57 Å². The van der Waals surface area contributed by atoms with Gasteiger partial charge in [0.05, 0.1) is 0 Å². The van der Waals surface area contributed by atoms with Crippen molar-refractivity contribution in [2.45, 2.75) is 33.6 Å². The zero-order valence-corrected chi connectivity index (χ0v) is 10.7. The fourth-order valence-electron chi connectivity index (χ4n) is 2.04. The summed E-state index contributed by atoms with van der Waals surface area (Å²) in [6, 6.07) is 7.59. The molecule has 1 rings (SSSR count). The van der Waals surface area contributed by atoms with Crippen LogP contribution in [0, 0.1) is 11.8 Å². The fourth-order valence-corrected chi connectivity index (χ4v) is 2.04. The van der Waals surface area contributed by atoms with E-state index < -0.39 is 0 Å². The van der Waals surface area contributed by atoms with Crippen molar-refractivity contribution in [3.8, 4) is 5.75 Å². The van der Waals surface area contributed by atoms with Crippen LogP contribution >= 0.6 is 0 Å². The highest BCUT2D eigenvalue weighted by molar-refractivity contribution is 5.35. The average Bonchev–Trinajstić information content (AvgIpc) is 2.26. The summed E-state index contributed by atoms with van der Waals surface area (Å²) in [5.74, 6) is 1.68. The standard InChI is InChI=1S/C15H22O/c1-10(2)11(3)12(4)13(5)14-8-6-7-9-15(14)16/h6-9,11-13,16H,1H2,2-5H3/t11?,12?,13-/m0/s1. The topological polar surface area (TPSA) is 20.2 Å². The zero-order chi connectivity index (χ0) is 12.3. The molecule has 0 aromatic heterocycles. The second kappa shape index (κ2) is 5.20. The van der Waals surface area contributed by atoms with Crippen LogP contribution in [-0.2, 0) is 0 Å². The lowest BCUT2D eigenvalue weighted by atomic mass is 9.78. The molecule has 0 heterocycles. The summed E-state index contributed by atoms with van der Waals surface area (Å²) in [7, 11) is 0. The molecule has 0 amide bonds. The van der Waals surface area contributed by atoms with E-state index in [2.05, 4.69) is 34.3 Å². The molecule has 0 saturated carbocycles. The van der Waals surface area contributed by atoms with Crippen LogP contribution in [0.15, 0.2) is 36.4 Å². The second-order valence-electron chi connectivity index (χ2n) is 4.84. The molecule has 0 radical (unpaired) electrons. The van der Waals surface area contributed by atoms with Crippen LogP contribution in [-0.4, -0.2) is 5.11 Å². The highest BCUT2D eigenvalue weighted by atomic mass is 16.3. The van der Waals surface area contributed by atoms with Crippen LogP contribution < -0.4 is 0 Å². The van der Waals surface area contributed by atoms with E-state index in [0.29, 0.717) is 23.5 Å². The van der Waals surface area contributed by atoms with Gasteiger partial charge in [-0.15, -0.1) is 0 Å². The van der Waals surface area contributed by atoms with Crippen LogP contribution in [0.3, 0.4) is 0 Å². The largest absolute Gasteiger partial charge is 0.508 e. The molecule has 0 aliphatic heterocycles. The van der Waals surface area contributed by atoms with E-state index in [1.54, 1.807) is 6.07 Å². The molecule has 0 aliphatic rings. The first kappa shape index (κ1) is 12.8. The van der Waals surface area contributed by atoms with Crippen molar-refractivity contribution >= 4 is 0 Å². The first-order valence-corrected chi connectivity index (χ1v) is 5.88. The van der Waals surface area contributed by atoms with Gasteiger partial charge in [-0.1, -0.05) is 51.1 Å². The summed E-state index contributed by atoms with van der Waals surface area (Å²) < 4.78 is 0. The lowest BCUT2D eigenvalue weighted by molar-refractivity contribution is 0.368. The third kappa shape index (κ3) is 2.66. The molecule has 0 fully saturated rings. The van der Waals surface area contributed by atoms with Gasteiger partial charge < -0.3 is 5.11 Å². The average molecular weight is 218 g/mol. The predicted octanol–water partition coefficient (Wildman–Crippen LogP) is 4.34. The Hall–Kier alpha value is -1.24. The maximum Gasteiger partial charge on any atom is 0.119 e. The molecule has 1 aromatic carbocycles. The smallest absolute Gasteiger partial charge is 0.119 e. The number of hydrogen-bond donors (Lipinski definition) is 1. The van der Waals surface area contributed by atoms with Crippen molar-refractivity contribution in [3.05, 3.63) is 42.0 Å². The van der Waals surface area contributed by atoms with Crippen molar-refractivity contribution in [2.75, 3.05) is 0 Å². The number of phenolic OH excluding ortho intramolecular Hbond substituents is 1. The quantitative estimate of drug-likeness (QED) is 0.745. The van der Waals surface area contributed by atoms with Crippen LogP contribution in [0.4, 0.5) is 0 Å².